The van der Waals surface area contributed by atoms with E-state index in [-0.39, 0.29) is 18.1 Å². The largest absolute Gasteiger partial charge is 0.497 e. The van der Waals surface area contributed by atoms with E-state index in [0.29, 0.717) is 19.6 Å². The van der Waals surface area contributed by atoms with Crippen molar-refractivity contribution in [3.05, 3.63) is 60.6 Å². The second-order valence-corrected chi connectivity index (χ2v) is 8.37. The molecule has 0 radical (unpaired) electrons. The van der Waals surface area contributed by atoms with Crippen molar-refractivity contribution in [1.82, 2.24) is 19.8 Å². The number of hydrogen-bond donors (Lipinski definition) is 1. The fourth-order valence-corrected chi connectivity index (χ4v) is 4.68. The van der Waals surface area contributed by atoms with E-state index < -0.39 is 0 Å². The zero-order valence-corrected chi connectivity index (χ0v) is 18.1. The number of ether oxygens (including phenoxy) is 1. The molecule has 31 heavy (non-hydrogen) atoms. The van der Waals surface area contributed by atoms with Gasteiger partial charge in [0.15, 0.2) is 0 Å². The standard InChI is InChI=1S/C24H27N5O2/c1-16-12-27(13-17(2)26-16)24(30)28-14-22-23(18-8-10-19(31-3)11-9-18)25-15-29(22)21-7-5-4-6-20(21)28/h4-11,15-17,26H,12-14H2,1-3H3. The van der Waals surface area contributed by atoms with Crippen LogP contribution in [-0.2, 0) is 6.54 Å². The Hall–Kier alpha value is -3.32. The summed E-state index contributed by atoms with van der Waals surface area (Å²) in [5.74, 6) is 0.806. The highest BCUT2D eigenvalue weighted by atomic mass is 16.5. The van der Waals surface area contributed by atoms with Crippen LogP contribution in [0.15, 0.2) is 54.9 Å². The average Bonchev–Trinajstić information content (AvgIpc) is 3.21. The lowest BCUT2D eigenvalue weighted by molar-refractivity contribution is 0.170. The van der Waals surface area contributed by atoms with E-state index in [4.69, 9.17) is 9.72 Å². The molecule has 0 bridgehead atoms. The third-order valence-electron chi connectivity index (χ3n) is 6.03. The number of para-hydroxylation sites is 2. The molecule has 3 aromatic rings. The first-order valence-corrected chi connectivity index (χ1v) is 10.7. The molecule has 1 aromatic heterocycles. The number of carbonyl (C=O) groups excluding carboxylic acids is 1. The normalized spacial score (nSPS) is 20.2. The third kappa shape index (κ3) is 3.45. The summed E-state index contributed by atoms with van der Waals surface area (Å²) < 4.78 is 7.39. The summed E-state index contributed by atoms with van der Waals surface area (Å²) in [6.07, 6.45) is 1.85. The summed E-state index contributed by atoms with van der Waals surface area (Å²) in [7, 11) is 1.66. The summed E-state index contributed by atoms with van der Waals surface area (Å²) in [6, 6.07) is 16.5. The van der Waals surface area contributed by atoms with Crippen LogP contribution < -0.4 is 15.0 Å². The zero-order chi connectivity index (χ0) is 21.5. The van der Waals surface area contributed by atoms with Gasteiger partial charge in [0.2, 0.25) is 0 Å². The Morgan fingerprint density at radius 3 is 2.39 bits per heavy atom. The SMILES string of the molecule is COc1ccc(-c2ncn3c2CN(C(=O)N2CC(C)NC(C)C2)c2ccccc2-3)cc1. The van der Waals surface area contributed by atoms with Gasteiger partial charge in [-0.3, -0.25) is 9.47 Å². The van der Waals surface area contributed by atoms with Crippen molar-refractivity contribution in [2.24, 2.45) is 0 Å². The van der Waals surface area contributed by atoms with Crippen LogP contribution >= 0.6 is 0 Å². The predicted molar refractivity (Wildman–Crippen MR) is 121 cm³/mol. The van der Waals surface area contributed by atoms with Crippen molar-refractivity contribution in [3.8, 4) is 22.7 Å². The highest BCUT2D eigenvalue weighted by Gasteiger charge is 2.34. The maximum atomic E-state index is 13.6. The van der Waals surface area contributed by atoms with Gasteiger partial charge in [-0.05, 0) is 50.2 Å². The summed E-state index contributed by atoms with van der Waals surface area (Å²) in [6.45, 7) is 6.12. The Labute approximate surface area is 182 Å². The smallest absolute Gasteiger partial charge is 0.325 e. The molecule has 2 aliphatic rings. The Morgan fingerprint density at radius 2 is 1.71 bits per heavy atom. The number of nitrogens with zero attached hydrogens (tertiary/aromatic N) is 4. The lowest BCUT2D eigenvalue weighted by Gasteiger charge is -2.40. The van der Waals surface area contributed by atoms with Gasteiger partial charge in [-0.1, -0.05) is 12.1 Å². The number of anilines is 1. The quantitative estimate of drug-likeness (QED) is 0.691. The number of benzene rings is 2. The van der Waals surface area contributed by atoms with Crippen LogP contribution in [0.25, 0.3) is 16.9 Å². The van der Waals surface area contributed by atoms with Gasteiger partial charge < -0.3 is 15.0 Å². The van der Waals surface area contributed by atoms with Gasteiger partial charge in [-0.25, -0.2) is 9.78 Å². The van der Waals surface area contributed by atoms with E-state index in [1.807, 2.05) is 64.7 Å². The van der Waals surface area contributed by atoms with Crippen molar-refractivity contribution < 1.29 is 9.53 Å². The van der Waals surface area contributed by atoms with Crippen molar-refractivity contribution in [1.29, 1.82) is 0 Å². The Bertz CT molecular complexity index is 1100. The molecule has 0 aliphatic carbocycles. The molecule has 2 aliphatic heterocycles. The molecule has 7 nitrogen and oxygen atoms in total. The highest BCUT2D eigenvalue weighted by Crippen LogP contribution is 2.37. The van der Waals surface area contributed by atoms with E-state index in [2.05, 4.69) is 23.7 Å². The van der Waals surface area contributed by atoms with Crippen molar-refractivity contribution in [2.75, 3.05) is 25.1 Å². The minimum absolute atomic E-state index is 0.0424. The maximum Gasteiger partial charge on any atom is 0.325 e. The van der Waals surface area contributed by atoms with E-state index in [9.17, 15) is 4.79 Å². The second kappa shape index (κ2) is 7.74. The maximum absolute atomic E-state index is 13.6. The lowest BCUT2D eigenvalue weighted by atomic mass is 10.1. The number of methoxy groups -OCH3 is 1. The predicted octanol–water partition coefficient (Wildman–Crippen LogP) is 3.67. The number of rotatable bonds is 2. The summed E-state index contributed by atoms with van der Waals surface area (Å²) in [4.78, 5) is 22.2. The molecule has 1 N–H and O–H groups in total. The van der Waals surface area contributed by atoms with Crippen LogP contribution in [0.3, 0.4) is 0 Å². The fourth-order valence-electron chi connectivity index (χ4n) is 4.68. The number of urea groups is 1. The number of amides is 2. The number of carbonyl (C=O) groups is 1. The van der Waals surface area contributed by atoms with Gasteiger partial charge in [-0.15, -0.1) is 0 Å². The molecule has 2 unspecified atom stereocenters. The molecule has 1 fully saturated rings. The summed E-state index contributed by atoms with van der Waals surface area (Å²) >= 11 is 0. The number of fused-ring (bicyclic) bond motifs is 3. The number of nitrogens with one attached hydrogen (secondary N) is 1. The average molecular weight is 418 g/mol. The second-order valence-electron chi connectivity index (χ2n) is 8.37. The first-order valence-electron chi connectivity index (χ1n) is 10.7. The first-order chi connectivity index (χ1) is 15.0. The number of imidazole rings is 1. The van der Waals surface area contributed by atoms with Crippen molar-refractivity contribution in [3.63, 3.8) is 0 Å². The zero-order valence-electron chi connectivity index (χ0n) is 18.1. The number of aromatic nitrogens is 2. The van der Waals surface area contributed by atoms with Gasteiger partial charge in [-0.2, -0.15) is 0 Å². The first kappa shape index (κ1) is 19.6. The van der Waals surface area contributed by atoms with E-state index in [1.165, 1.54) is 0 Å². The van der Waals surface area contributed by atoms with Gasteiger partial charge >= 0.3 is 6.03 Å². The molecule has 2 aromatic carbocycles. The monoisotopic (exact) mass is 417 g/mol. The summed E-state index contributed by atoms with van der Waals surface area (Å²) in [5.41, 5.74) is 4.79. The fraction of sp³-hybridized carbons (Fsp3) is 0.333. The van der Waals surface area contributed by atoms with Gasteiger partial charge in [0, 0.05) is 30.7 Å². The van der Waals surface area contributed by atoms with Crippen LogP contribution in [0.2, 0.25) is 0 Å². The number of piperazine rings is 1. The number of hydrogen-bond acceptors (Lipinski definition) is 4. The Balaban J connectivity index is 1.54. The van der Waals surface area contributed by atoms with Gasteiger partial charge in [0.1, 0.15) is 12.1 Å². The topological polar surface area (TPSA) is 62.6 Å². The Morgan fingerprint density at radius 1 is 1.03 bits per heavy atom. The molecule has 0 saturated carbocycles. The molecule has 2 amide bonds. The Kier molecular flexibility index (Phi) is 4.90. The molecule has 1 saturated heterocycles. The molecule has 2 atom stereocenters. The molecular weight excluding hydrogens is 390 g/mol. The van der Waals surface area contributed by atoms with Crippen LogP contribution in [-0.4, -0.2) is 52.8 Å². The summed E-state index contributed by atoms with van der Waals surface area (Å²) in [5, 5.41) is 3.50. The molecule has 0 spiro atoms. The van der Waals surface area contributed by atoms with E-state index in [1.54, 1.807) is 7.11 Å². The molecule has 3 heterocycles. The van der Waals surface area contributed by atoms with Gasteiger partial charge in [0.05, 0.1) is 36.4 Å². The minimum atomic E-state index is 0.0424. The van der Waals surface area contributed by atoms with Gasteiger partial charge in [0.25, 0.3) is 0 Å². The van der Waals surface area contributed by atoms with E-state index >= 15 is 0 Å². The lowest BCUT2D eigenvalue weighted by Crippen LogP contribution is -2.58. The van der Waals surface area contributed by atoms with E-state index in [0.717, 1.165) is 34.1 Å². The van der Waals surface area contributed by atoms with Crippen LogP contribution in [0, 0.1) is 0 Å². The van der Waals surface area contributed by atoms with Crippen LogP contribution in [0.1, 0.15) is 19.5 Å². The van der Waals surface area contributed by atoms with Crippen LogP contribution in [0.4, 0.5) is 10.5 Å². The molecule has 160 valence electrons. The third-order valence-corrected chi connectivity index (χ3v) is 6.03. The van der Waals surface area contributed by atoms with Crippen molar-refractivity contribution in [2.45, 2.75) is 32.5 Å². The molecular formula is C24H27N5O2. The molecule has 5 rings (SSSR count). The van der Waals surface area contributed by atoms with Crippen molar-refractivity contribution >= 4 is 11.7 Å². The van der Waals surface area contributed by atoms with Crippen LogP contribution in [0.5, 0.6) is 5.75 Å². The molecule has 7 heteroatoms. The minimum Gasteiger partial charge on any atom is -0.497 e. The highest BCUT2D eigenvalue weighted by molar-refractivity contribution is 5.95.